The topological polar surface area (TPSA) is 42.2 Å². The zero-order valence-corrected chi connectivity index (χ0v) is 9.54. The highest BCUT2D eigenvalue weighted by Gasteiger charge is 2.08. The Bertz CT molecular complexity index is 489. The molecule has 88 valence electrons. The molecule has 3 nitrogen and oxygen atoms in total. The summed E-state index contributed by atoms with van der Waals surface area (Å²) >= 11 is 0. The molecule has 2 aromatic rings. The van der Waals surface area contributed by atoms with Crippen LogP contribution in [-0.4, -0.2) is 22.2 Å². The van der Waals surface area contributed by atoms with Gasteiger partial charge in [-0.1, -0.05) is 24.3 Å². The smallest absolute Gasteiger partial charge is 0.234 e. The maximum absolute atomic E-state index is 11.9. The molecule has 0 radical (unpaired) electrons. The van der Waals surface area contributed by atoms with Crippen LogP contribution in [0.3, 0.4) is 0 Å². The lowest BCUT2D eigenvalue weighted by Crippen LogP contribution is -2.12. The minimum absolute atomic E-state index is 0.0420. The van der Waals surface area contributed by atoms with Crippen LogP contribution >= 0.6 is 0 Å². The molecule has 0 amide bonds. The van der Waals surface area contributed by atoms with Gasteiger partial charge >= 0.3 is 0 Å². The Labute approximate surface area is 100 Å². The number of carbonyl (C=O) groups is 1. The number of carbonyl (C=O) groups excluding carboxylic acids is 1. The Morgan fingerprint density at radius 2 is 1.71 bits per heavy atom. The fraction of sp³-hybridized carbons (Fsp3) is 0.214. The number of benzene rings is 1. The first kappa shape index (κ1) is 11.6. The Hall–Kier alpha value is -1.87. The van der Waals surface area contributed by atoms with Gasteiger partial charge in [0, 0.05) is 19.0 Å². The molecule has 0 aliphatic rings. The van der Waals surface area contributed by atoms with E-state index in [0.717, 1.165) is 11.1 Å². The molecule has 0 fully saturated rings. The molecule has 1 aromatic carbocycles. The monoisotopic (exact) mass is 229 g/mol. The van der Waals surface area contributed by atoms with Gasteiger partial charge in [0.1, 0.15) is 0 Å². The first-order valence-electron chi connectivity index (χ1n) is 5.65. The van der Waals surface area contributed by atoms with Gasteiger partial charge in [0.05, 0.1) is 6.42 Å². The maximum Gasteiger partial charge on any atom is 0.234 e. The lowest BCUT2D eigenvalue weighted by Gasteiger charge is -2.08. The summed E-state index contributed by atoms with van der Waals surface area (Å²) in [6, 6.07) is 11.4. The summed E-state index contributed by atoms with van der Waals surface area (Å²) in [7, 11) is 0. The summed E-state index contributed by atoms with van der Waals surface area (Å²) < 4.78 is 1.58. The third kappa shape index (κ3) is 2.82. The van der Waals surface area contributed by atoms with Crippen molar-refractivity contribution >= 4 is 5.91 Å². The molecule has 0 spiro atoms. The molecule has 0 aliphatic heterocycles. The van der Waals surface area contributed by atoms with Gasteiger partial charge in [-0.2, -0.15) is 0 Å². The number of aliphatic hydroxyl groups is 1. The van der Waals surface area contributed by atoms with Gasteiger partial charge < -0.3 is 5.11 Å². The van der Waals surface area contributed by atoms with Crippen molar-refractivity contribution in [3.05, 3.63) is 59.9 Å². The number of hydrogen-bond donors (Lipinski definition) is 1. The molecular weight excluding hydrogens is 214 g/mol. The van der Waals surface area contributed by atoms with E-state index >= 15 is 0 Å². The quantitative estimate of drug-likeness (QED) is 0.870. The predicted molar refractivity (Wildman–Crippen MR) is 66.0 cm³/mol. The molecule has 0 unspecified atom stereocenters. The summed E-state index contributed by atoms with van der Waals surface area (Å²) in [4.78, 5) is 11.9. The van der Waals surface area contributed by atoms with Crippen molar-refractivity contribution < 1.29 is 9.90 Å². The van der Waals surface area contributed by atoms with E-state index in [2.05, 4.69) is 0 Å². The van der Waals surface area contributed by atoms with Crippen LogP contribution in [0.5, 0.6) is 0 Å². The number of aliphatic hydroxyl groups excluding tert-OH is 1. The zero-order chi connectivity index (χ0) is 12.1. The van der Waals surface area contributed by atoms with Crippen LogP contribution in [0.25, 0.3) is 0 Å². The van der Waals surface area contributed by atoms with Gasteiger partial charge in [-0.3, -0.25) is 9.36 Å². The SMILES string of the molecule is O=C(Cc1ccccc1CCO)n1cccc1. The largest absolute Gasteiger partial charge is 0.396 e. The van der Waals surface area contributed by atoms with Crippen LogP contribution in [0.2, 0.25) is 0 Å². The molecule has 17 heavy (non-hydrogen) atoms. The van der Waals surface area contributed by atoms with E-state index in [9.17, 15) is 4.79 Å². The minimum atomic E-state index is 0.0420. The Kier molecular flexibility index (Phi) is 3.73. The summed E-state index contributed by atoms with van der Waals surface area (Å²) in [5.41, 5.74) is 2.02. The first-order valence-corrected chi connectivity index (χ1v) is 5.65. The van der Waals surface area contributed by atoms with Crippen LogP contribution in [0, 0.1) is 0 Å². The third-order valence-electron chi connectivity index (χ3n) is 2.73. The van der Waals surface area contributed by atoms with Crippen molar-refractivity contribution in [1.29, 1.82) is 0 Å². The van der Waals surface area contributed by atoms with Crippen LogP contribution in [0.4, 0.5) is 0 Å². The number of aromatic nitrogens is 1. The van der Waals surface area contributed by atoms with E-state index in [1.807, 2.05) is 36.4 Å². The van der Waals surface area contributed by atoms with E-state index in [-0.39, 0.29) is 12.5 Å². The lowest BCUT2D eigenvalue weighted by atomic mass is 10.0. The second-order valence-corrected chi connectivity index (χ2v) is 3.90. The van der Waals surface area contributed by atoms with Gasteiger partial charge in [-0.15, -0.1) is 0 Å². The molecular formula is C14H15NO2. The molecule has 0 atom stereocenters. The lowest BCUT2D eigenvalue weighted by molar-refractivity contribution is 0.0914. The normalized spacial score (nSPS) is 10.4. The average Bonchev–Trinajstić information content (AvgIpc) is 2.85. The molecule has 3 heteroatoms. The Morgan fingerprint density at radius 3 is 2.35 bits per heavy atom. The highest BCUT2D eigenvalue weighted by atomic mass is 16.3. The molecule has 0 bridgehead atoms. The summed E-state index contributed by atoms with van der Waals surface area (Å²) in [6.45, 7) is 0.106. The van der Waals surface area contributed by atoms with Crippen molar-refractivity contribution in [3.8, 4) is 0 Å². The Morgan fingerprint density at radius 1 is 1.06 bits per heavy atom. The van der Waals surface area contributed by atoms with Gasteiger partial charge in [0.25, 0.3) is 0 Å². The number of hydrogen-bond acceptors (Lipinski definition) is 2. The minimum Gasteiger partial charge on any atom is -0.396 e. The van der Waals surface area contributed by atoms with Crippen LogP contribution < -0.4 is 0 Å². The third-order valence-corrected chi connectivity index (χ3v) is 2.73. The molecule has 0 saturated carbocycles. The van der Waals surface area contributed by atoms with E-state index in [1.165, 1.54) is 0 Å². The molecule has 1 aromatic heterocycles. The first-order chi connectivity index (χ1) is 8.31. The van der Waals surface area contributed by atoms with E-state index < -0.39 is 0 Å². The van der Waals surface area contributed by atoms with Gasteiger partial charge in [0.2, 0.25) is 5.91 Å². The van der Waals surface area contributed by atoms with Crippen LogP contribution in [-0.2, 0) is 12.8 Å². The average molecular weight is 229 g/mol. The molecule has 2 rings (SSSR count). The Balaban J connectivity index is 2.15. The summed E-state index contributed by atoms with van der Waals surface area (Å²) in [5.74, 6) is 0.0420. The molecule has 0 aliphatic carbocycles. The number of nitrogens with zero attached hydrogens (tertiary/aromatic N) is 1. The molecule has 1 heterocycles. The number of rotatable bonds is 4. The highest BCUT2D eigenvalue weighted by molar-refractivity contribution is 5.81. The zero-order valence-electron chi connectivity index (χ0n) is 9.54. The van der Waals surface area contributed by atoms with Crippen molar-refractivity contribution in [2.24, 2.45) is 0 Å². The predicted octanol–water partition coefficient (Wildman–Crippen LogP) is 1.91. The fourth-order valence-electron chi connectivity index (χ4n) is 1.85. The highest BCUT2D eigenvalue weighted by Crippen LogP contribution is 2.11. The summed E-state index contributed by atoms with van der Waals surface area (Å²) in [5, 5.41) is 8.97. The second kappa shape index (κ2) is 5.46. The van der Waals surface area contributed by atoms with Crippen molar-refractivity contribution in [1.82, 2.24) is 4.57 Å². The fourth-order valence-corrected chi connectivity index (χ4v) is 1.85. The van der Waals surface area contributed by atoms with Crippen LogP contribution in [0.15, 0.2) is 48.8 Å². The van der Waals surface area contributed by atoms with E-state index in [4.69, 9.17) is 5.11 Å². The summed E-state index contributed by atoms with van der Waals surface area (Å²) in [6.07, 6.45) is 4.45. The van der Waals surface area contributed by atoms with Gasteiger partial charge in [-0.25, -0.2) is 0 Å². The van der Waals surface area contributed by atoms with Crippen LogP contribution in [0.1, 0.15) is 15.9 Å². The van der Waals surface area contributed by atoms with E-state index in [1.54, 1.807) is 17.0 Å². The van der Waals surface area contributed by atoms with Crippen molar-refractivity contribution in [3.63, 3.8) is 0 Å². The maximum atomic E-state index is 11.9. The van der Waals surface area contributed by atoms with Gasteiger partial charge in [-0.05, 0) is 29.7 Å². The van der Waals surface area contributed by atoms with Gasteiger partial charge in [0.15, 0.2) is 0 Å². The van der Waals surface area contributed by atoms with Crippen molar-refractivity contribution in [2.45, 2.75) is 12.8 Å². The molecule has 0 saturated heterocycles. The molecule has 1 N–H and O–H groups in total. The second-order valence-electron chi connectivity index (χ2n) is 3.90. The van der Waals surface area contributed by atoms with Crippen molar-refractivity contribution in [2.75, 3.05) is 6.61 Å². The van der Waals surface area contributed by atoms with E-state index in [0.29, 0.717) is 12.8 Å². The standard InChI is InChI=1S/C14H15NO2/c16-10-7-12-5-1-2-6-13(12)11-14(17)15-8-3-4-9-15/h1-6,8-9,16H,7,10-11H2.